The van der Waals surface area contributed by atoms with E-state index in [0.717, 1.165) is 51.1 Å². The number of carbonyl (C=O) groups excluding carboxylic acids is 1. The molecule has 2 N–H and O–H groups in total. The highest BCUT2D eigenvalue weighted by Gasteiger charge is 2.17. The Morgan fingerprint density at radius 3 is 2.95 bits per heavy atom. The van der Waals surface area contributed by atoms with Crippen LogP contribution in [0.2, 0.25) is 0 Å². The van der Waals surface area contributed by atoms with Gasteiger partial charge in [0.1, 0.15) is 0 Å². The zero-order valence-corrected chi connectivity index (χ0v) is 11.2. The van der Waals surface area contributed by atoms with Gasteiger partial charge in [0.05, 0.1) is 6.54 Å². The fraction of sp³-hybridized carbons (Fsp3) is 0.533. The zero-order valence-electron chi connectivity index (χ0n) is 11.2. The maximum absolute atomic E-state index is 12.0. The van der Waals surface area contributed by atoms with Crippen molar-refractivity contribution in [3.63, 3.8) is 0 Å². The van der Waals surface area contributed by atoms with Gasteiger partial charge in [0.15, 0.2) is 0 Å². The Kier molecular flexibility index (Phi) is 3.69. The predicted octanol–water partition coefficient (Wildman–Crippen LogP) is 1.37. The Morgan fingerprint density at radius 1 is 1.26 bits per heavy atom. The fourth-order valence-corrected chi connectivity index (χ4v) is 2.85. The van der Waals surface area contributed by atoms with Crippen LogP contribution in [0.4, 0.5) is 5.69 Å². The molecule has 0 atom stereocenters. The average Bonchev–Trinajstić information content (AvgIpc) is 2.99. The minimum Gasteiger partial charge on any atom is -0.376 e. The Labute approximate surface area is 114 Å². The van der Waals surface area contributed by atoms with Crippen LogP contribution >= 0.6 is 0 Å². The van der Waals surface area contributed by atoms with Crippen LogP contribution in [0, 0.1) is 0 Å². The van der Waals surface area contributed by atoms with E-state index in [9.17, 15) is 4.79 Å². The third kappa shape index (κ3) is 2.89. The molecule has 19 heavy (non-hydrogen) atoms. The van der Waals surface area contributed by atoms with Gasteiger partial charge >= 0.3 is 0 Å². The Bertz CT molecular complexity index is 466. The smallest absolute Gasteiger partial charge is 0.241 e. The molecule has 3 rings (SSSR count). The van der Waals surface area contributed by atoms with Crippen molar-refractivity contribution in [2.75, 3.05) is 31.5 Å². The molecule has 1 fully saturated rings. The normalized spacial score (nSPS) is 18.2. The van der Waals surface area contributed by atoms with Gasteiger partial charge in [-0.05, 0) is 49.1 Å². The maximum Gasteiger partial charge on any atom is 0.241 e. The summed E-state index contributed by atoms with van der Waals surface area (Å²) in [4.78, 5) is 13.9. The van der Waals surface area contributed by atoms with E-state index in [4.69, 9.17) is 0 Å². The SMILES string of the molecule is O=C(CNc1ccc2c(c1)CNCC2)N1CCCC1. The van der Waals surface area contributed by atoms with Gasteiger partial charge in [0, 0.05) is 25.3 Å². The van der Waals surface area contributed by atoms with Crippen LogP contribution in [0.1, 0.15) is 24.0 Å². The molecule has 1 saturated heterocycles. The van der Waals surface area contributed by atoms with E-state index in [2.05, 4.69) is 28.8 Å². The second-order valence-electron chi connectivity index (χ2n) is 5.35. The van der Waals surface area contributed by atoms with E-state index in [1.54, 1.807) is 0 Å². The first-order valence-electron chi connectivity index (χ1n) is 7.17. The molecular weight excluding hydrogens is 238 g/mol. The molecule has 0 bridgehead atoms. The van der Waals surface area contributed by atoms with Crippen LogP contribution in [0.25, 0.3) is 0 Å². The summed E-state index contributed by atoms with van der Waals surface area (Å²) in [5, 5.41) is 6.63. The van der Waals surface area contributed by atoms with Gasteiger partial charge < -0.3 is 15.5 Å². The fourth-order valence-electron chi connectivity index (χ4n) is 2.85. The van der Waals surface area contributed by atoms with Crippen molar-refractivity contribution < 1.29 is 4.79 Å². The summed E-state index contributed by atoms with van der Waals surface area (Å²) >= 11 is 0. The van der Waals surface area contributed by atoms with E-state index >= 15 is 0 Å². The molecule has 0 spiro atoms. The molecule has 1 aromatic carbocycles. The lowest BCUT2D eigenvalue weighted by Gasteiger charge is -2.19. The molecule has 1 aromatic rings. The lowest BCUT2D eigenvalue weighted by molar-refractivity contribution is -0.128. The Balaban J connectivity index is 1.59. The number of rotatable bonds is 3. The number of hydrogen-bond donors (Lipinski definition) is 2. The van der Waals surface area contributed by atoms with Gasteiger partial charge in [-0.15, -0.1) is 0 Å². The molecule has 2 aliphatic heterocycles. The van der Waals surface area contributed by atoms with Gasteiger partial charge in [-0.1, -0.05) is 6.07 Å². The average molecular weight is 259 g/mol. The molecule has 102 valence electrons. The summed E-state index contributed by atoms with van der Waals surface area (Å²) in [6.07, 6.45) is 3.40. The molecule has 2 heterocycles. The molecule has 0 unspecified atom stereocenters. The van der Waals surface area contributed by atoms with E-state index in [1.165, 1.54) is 11.1 Å². The first kappa shape index (κ1) is 12.5. The number of benzene rings is 1. The number of nitrogens with one attached hydrogen (secondary N) is 2. The second-order valence-corrected chi connectivity index (χ2v) is 5.35. The summed E-state index contributed by atoms with van der Waals surface area (Å²) < 4.78 is 0. The number of amides is 1. The Hall–Kier alpha value is -1.55. The van der Waals surface area contributed by atoms with Gasteiger partial charge in [-0.2, -0.15) is 0 Å². The molecule has 2 aliphatic rings. The van der Waals surface area contributed by atoms with Crippen molar-refractivity contribution in [1.82, 2.24) is 10.2 Å². The maximum atomic E-state index is 12.0. The molecule has 0 aromatic heterocycles. The summed E-state index contributed by atoms with van der Waals surface area (Å²) in [5.74, 6) is 0.216. The van der Waals surface area contributed by atoms with E-state index in [1.807, 2.05) is 4.90 Å². The number of fused-ring (bicyclic) bond motifs is 1. The number of likely N-dealkylation sites (tertiary alicyclic amines) is 1. The molecule has 0 radical (unpaired) electrons. The van der Waals surface area contributed by atoms with Crippen LogP contribution in [0.15, 0.2) is 18.2 Å². The minimum atomic E-state index is 0.216. The third-order valence-electron chi connectivity index (χ3n) is 4.00. The summed E-state index contributed by atoms with van der Waals surface area (Å²) in [7, 11) is 0. The van der Waals surface area contributed by atoms with Crippen LogP contribution < -0.4 is 10.6 Å². The lowest BCUT2D eigenvalue weighted by Crippen LogP contribution is -2.33. The number of hydrogen-bond acceptors (Lipinski definition) is 3. The first-order chi connectivity index (χ1) is 9.33. The summed E-state index contributed by atoms with van der Waals surface area (Å²) in [5.41, 5.74) is 3.83. The van der Waals surface area contributed by atoms with Crippen molar-refractivity contribution in [2.24, 2.45) is 0 Å². The quantitative estimate of drug-likeness (QED) is 0.861. The van der Waals surface area contributed by atoms with Crippen molar-refractivity contribution >= 4 is 11.6 Å². The van der Waals surface area contributed by atoms with Crippen LogP contribution in [-0.4, -0.2) is 37.0 Å². The standard InChI is InChI=1S/C15H21N3O/c19-15(18-7-1-2-8-18)11-17-14-4-3-12-5-6-16-10-13(12)9-14/h3-4,9,16-17H,1-2,5-8,10-11H2. The number of nitrogens with zero attached hydrogens (tertiary/aromatic N) is 1. The summed E-state index contributed by atoms with van der Waals surface area (Å²) in [6.45, 7) is 4.26. The van der Waals surface area contributed by atoms with Crippen LogP contribution in [0.3, 0.4) is 0 Å². The summed E-state index contributed by atoms with van der Waals surface area (Å²) in [6, 6.07) is 6.43. The van der Waals surface area contributed by atoms with Crippen molar-refractivity contribution in [1.29, 1.82) is 0 Å². The predicted molar refractivity (Wildman–Crippen MR) is 76.2 cm³/mol. The third-order valence-corrected chi connectivity index (χ3v) is 4.00. The van der Waals surface area contributed by atoms with Crippen molar-refractivity contribution in [3.8, 4) is 0 Å². The first-order valence-corrected chi connectivity index (χ1v) is 7.17. The lowest BCUT2D eigenvalue weighted by atomic mass is 10.0. The van der Waals surface area contributed by atoms with E-state index in [-0.39, 0.29) is 5.91 Å². The van der Waals surface area contributed by atoms with E-state index in [0.29, 0.717) is 6.54 Å². The molecule has 4 nitrogen and oxygen atoms in total. The second kappa shape index (κ2) is 5.61. The van der Waals surface area contributed by atoms with Gasteiger partial charge in [-0.3, -0.25) is 4.79 Å². The number of carbonyl (C=O) groups is 1. The van der Waals surface area contributed by atoms with E-state index < -0.39 is 0 Å². The molecular formula is C15H21N3O. The largest absolute Gasteiger partial charge is 0.376 e. The minimum absolute atomic E-state index is 0.216. The molecule has 1 amide bonds. The zero-order chi connectivity index (χ0) is 13.1. The highest BCUT2D eigenvalue weighted by atomic mass is 16.2. The van der Waals surface area contributed by atoms with Crippen molar-refractivity contribution in [2.45, 2.75) is 25.8 Å². The highest BCUT2D eigenvalue weighted by Crippen LogP contribution is 2.19. The highest BCUT2D eigenvalue weighted by molar-refractivity contribution is 5.81. The van der Waals surface area contributed by atoms with Gasteiger partial charge in [-0.25, -0.2) is 0 Å². The van der Waals surface area contributed by atoms with Crippen molar-refractivity contribution in [3.05, 3.63) is 29.3 Å². The topological polar surface area (TPSA) is 44.4 Å². The molecule has 4 heteroatoms. The Morgan fingerprint density at radius 2 is 2.11 bits per heavy atom. The molecule has 0 aliphatic carbocycles. The van der Waals surface area contributed by atoms with Crippen LogP contribution in [-0.2, 0) is 17.8 Å². The number of anilines is 1. The monoisotopic (exact) mass is 259 g/mol. The van der Waals surface area contributed by atoms with Crippen LogP contribution in [0.5, 0.6) is 0 Å². The van der Waals surface area contributed by atoms with Gasteiger partial charge in [0.2, 0.25) is 5.91 Å². The molecule has 0 saturated carbocycles. The van der Waals surface area contributed by atoms with Gasteiger partial charge in [0.25, 0.3) is 0 Å².